The molecule has 0 aliphatic heterocycles. The van der Waals surface area contributed by atoms with E-state index >= 15 is 0 Å². The number of ether oxygens (including phenoxy) is 1. The summed E-state index contributed by atoms with van der Waals surface area (Å²) in [4.78, 5) is 11.7. The first-order valence-corrected chi connectivity index (χ1v) is 7.26. The van der Waals surface area contributed by atoms with E-state index in [-0.39, 0.29) is 5.97 Å². The third-order valence-corrected chi connectivity index (χ3v) is 3.78. The maximum Gasteiger partial charge on any atom is 0.337 e. The van der Waals surface area contributed by atoms with Gasteiger partial charge in [0.15, 0.2) is 0 Å². The number of carbonyl (C=O) groups excluding carboxylic acids is 1. The molecule has 0 fully saturated rings. The second-order valence-electron chi connectivity index (χ2n) is 4.58. The van der Waals surface area contributed by atoms with Gasteiger partial charge in [0.25, 0.3) is 0 Å². The van der Waals surface area contributed by atoms with Crippen LogP contribution in [-0.4, -0.2) is 22.9 Å². The highest BCUT2D eigenvalue weighted by Crippen LogP contribution is 2.31. The Kier molecular flexibility index (Phi) is 4.60. The largest absolute Gasteiger partial charge is 0.465 e. The van der Waals surface area contributed by atoms with Gasteiger partial charge in [-0.05, 0) is 40.0 Å². The predicted octanol–water partition coefficient (Wildman–Crippen LogP) is 3.59. The van der Waals surface area contributed by atoms with Crippen LogP contribution < -0.4 is 0 Å². The van der Waals surface area contributed by atoms with Crippen molar-refractivity contribution >= 4 is 21.9 Å². The van der Waals surface area contributed by atoms with Gasteiger partial charge < -0.3 is 4.74 Å². The van der Waals surface area contributed by atoms with E-state index in [0.717, 1.165) is 34.1 Å². The van der Waals surface area contributed by atoms with Crippen molar-refractivity contribution in [3.8, 4) is 11.3 Å². The summed E-state index contributed by atoms with van der Waals surface area (Å²) < 4.78 is 7.56. The number of methoxy groups -OCH3 is 1. The van der Waals surface area contributed by atoms with Gasteiger partial charge >= 0.3 is 5.97 Å². The Hall–Kier alpha value is -1.62. The lowest BCUT2D eigenvalue weighted by atomic mass is 9.98. The summed E-state index contributed by atoms with van der Waals surface area (Å²) in [6, 6.07) is 5.66. The van der Waals surface area contributed by atoms with Gasteiger partial charge in [0.2, 0.25) is 0 Å². The zero-order valence-corrected chi connectivity index (χ0v) is 13.4. The number of esters is 1. The SMILES string of the molecule is CCCc1cc(C(=O)OC)ccc1-c1c(Br)cnn1C. The molecule has 0 aliphatic carbocycles. The van der Waals surface area contributed by atoms with E-state index in [1.165, 1.54) is 7.11 Å². The predicted molar refractivity (Wildman–Crippen MR) is 81.7 cm³/mol. The normalized spacial score (nSPS) is 10.6. The molecule has 0 bridgehead atoms. The van der Waals surface area contributed by atoms with Crippen molar-refractivity contribution in [3.05, 3.63) is 40.0 Å². The highest BCUT2D eigenvalue weighted by molar-refractivity contribution is 9.10. The van der Waals surface area contributed by atoms with Gasteiger partial charge in [-0.1, -0.05) is 19.4 Å². The van der Waals surface area contributed by atoms with Crippen molar-refractivity contribution in [1.29, 1.82) is 0 Å². The molecule has 0 saturated carbocycles. The van der Waals surface area contributed by atoms with Crippen LogP contribution in [-0.2, 0) is 18.2 Å². The number of nitrogens with zero attached hydrogens (tertiary/aromatic N) is 2. The van der Waals surface area contributed by atoms with Crippen molar-refractivity contribution in [3.63, 3.8) is 0 Å². The van der Waals surface area contributed by atoms with E-state index in [4.69, 9.17) is 4.74 Å². The van der Waals surface area contributed by atoms with E-state index in [1.807, 2.05) is 23.9 Å². The van der Waals surface area contributed by atoms with Gasteiger partial charge in [0, 0.05) is 12.6 Å². The molecule has 0 saturated heterocycles. The van der Waals surface area contributed by atoms with Gasteiger partial charge in [0.1, 0.15) is 0 Å². The Labute approximate surface area is 126 Å². The van der Waals surface area contributed by atoms with E-state index < -0.39 is 0 Å². The first kappa shape index (κ1) is 14.8. The van der Waals surface area contributed by atoms with Crippen molar-refractivity contribution in [1.82, 2.24) is 9.78 Å². The fourth-order valence-corrected chi connectivity index (χ4v) is 2.82. The second-order valence-corrected chi connectivity index (χ2v) is 5.43. The summed E-state index contributed by atoms with van der Waals surface area (Å²) in [5.74, 6) is -0.307. The molecule has 4 nitrogen and oxygen atoms in total. The fourth-order valence-electron chi connectivity index (χ4n) is 2.26. The van der Waals surface area contributed by atoms with Crippen LogP contribution in [0.5, 0.6) is 0 Å². The maximum atomic E-state index is 11.7. The Morgan fingerprint density at radius 2 is 2.20 bits per heavy atom. The summed E-state index contributed by atoms with van der Waals surface area (Å²) in [5, 5.41) is 4.25. The van der Waals surface area contributed by atoms with Gasteiger partial charge in [0.05, 0.1) is 29.0 Å². The van der Waals surface area contributed by atoms with E-state index in [9.17, 15) is 4.79 Å². The number of rotatable bonds is 4. The molecule has 2 aromatic rings. The number of aromatic nitrogens is 2. The maximum absolute atomic E-state index is 11.7. The monoisotopic (exact) mass is 336 g/mol. The van der Waals surface area contributed by atoms with Gasteiger partial charge in [-0.25, -0.2) is 4.79 Å². The van der Waals surface area contributed by atoms with Crippen LogP contribution in [0.4, 0.5) is 0 Å². The van der Waals surface area contributed by atoms with E-state index in [1.54, 1.807) is 12.3 Å². The Bertz CT molecular complexity index is 615. The van der Waals surface area contributed by atoms with Crippen LogP contribution >= 0.6 is 15.9 Å². The molecule has 0 unspecified atom stereocenters. The average Bonchev–Trinajstić information content (AvgIpc) is 2.78. The van der Waals surface area contributed by atoms with E-state index in [0.29, 0.717) is 5.56 Å². The van der Waals surface area contributed by atoms with Crippen molar-refractivity contribution in [2.75, 3.05) is 7.11 Å². The molecule has 0 aliphatic rings. The molecule has 20 heavy (non-hydrogen) atoms. The quantitative estimate of drug-likeness (QED) is 0.801. The highest BCUT2D eigenvalue weighted by Gasteiger charge is 2.15. The summed E-state index contributed by atoms with van der Waals surface area (Å²) in [7, 11) is 3.30. The lowest BCUT2D eigenvalue weighted by Crippen LogP contribution is -2.04. The van der Waals surface area contributed by atoms with Gasteiger partial charge in [-0.3, -0.25) is 4.68 Å². The molecule has 1 heterocycles. The molecule has 1 aromatic heterocycles. The topological polar surface area (TPSA) is 44.1 Å². The Balaban J connectivity index is 2.56. The Morgan fingerprint density at radius 3 is 2.75 bits per heavy atom. The number of halogens is 1. The third-order valence-electron chi connectivity index (χ3n) is 3.19. The zero-order chi connectivity index (χ0) is 14.7. The van der Waals surface area contributed by atoms with Crippen molar-refractivity contribution < 1.29 is 9.53 Å². The zero-order valence-electron chi connectivity index (χ0n) is 11.8. The number of hydrogen-bond donors (Lipinski definition) is 0. The van der Waals surface area contributed by atoms with Crippen LogP contribution in [0.15, 0.2) is 28.9 Å². The van der Waals surface area contributed by atoms with Crippen LogP contribution in [0.1, 0.15) is 29.3 Å². The molecule has 0 radical (unpaired) electrons. The molecule has 0 N–H and O–H groups in total. The smallest absolute Gasteiger partial charge is 0.337 e. The van der Waals surface area contributed by atoms with Gasteiger partial charge in [-0.2, -0.15) is 5.10 Å². The first-order valence-electron chi connectivity index (χ1n) is 6.47. The summed E-state index contributed by atoms with van der Waals surface area (Å²) >= 11 is 3.53. The summed E-state index contributed by atoms with van der Waals surface area (Å²) in [6.07, 6.45) is 3.68. The molecule has 0 spiro atoms. The van der Waals surface area contributed by atoms with Crippen molar-refractivity contribution in [2.24, 2.45) is 7.05 Å². The minimum Gasteiger partial charge on any atom is -0.465 e. The molecular weight excluding hydrogens is 320 g/mol. The molecule has 5 heteroatoms. The summed E-state index contributed by atoms with van der Waals surface area (Å²) in [5.41, 5.74) is 3.81. The van der Waals surface area contributed by atoms with Gasteiger partial charge in [-0.15, -0.1) is 0 Å². The van der Waals surface area contributed by atoms with Crippen LogP contribution in [0, 0.1) is 0 Å². The number of benzene rings is 1. The minimum atomic E-state index is -0.307. The van der Waals surface area contributed by atoms with E-state index in [2.05, 4.69) is 28.0 Å². The highest BCUT2D eigenvalue weighted by atomic mass is 79.9. The van der Waals surface area contributed by atoms with Crippen molar-refractivity contribution in [2.45, 2.75) is 19.8 Å². The Morgan fingerprint density at radius 1 is 1.45 bits per heavy atom. The molecule has 0 atom stereocenters. The second kappa shape index (κ2) is 6.22. The van der Waals surface area contributed by atoms with Crippen LogP contribution in [0.25, 0.3) is 11.3 Å². The number of aryl methyl sites for hydroxylation is 2. The fraction of sp³-hybridized carbons (Fsp3) is 0.333. The minimum absolute atomic E-state index is 0.307. The lowest BCUT2D eigenvalue weighted by molar-refractivity contribution is 0.0600. The molecular formula is C15H17BrN2O2. The molecule has 106 valence electrons. The lowest BCUT2D eigenvalue weighted by Gasteiger charge is -2.11. The standard InChI is InChI=1S/C15H17BrN2O2/c1-4-5-10-8-11(15(19)20-3)6-7-12(10)14-13(16)9-17-18(14)2/h6-9H,4-5H2,1-3H3. The molecule has 0 amide bonds. The molecule has 1 aromatic carbocycles. The number of hydrogen-bond acceptors (Lipinski definition) is 3. The summed E-state index contributed by atoms with van der Waals surface area (Å²) in [6.45, 7) is 2.12. The first-order chi connectivity index (χ1) is 9.58. The number of carbonyl (C=O) groups is 1. The van der Waals surface area contributed by atoms with Crippen LogP contribution in [0.2, 0.25) is 0 Å². The van der Waals surface area contributed by atoms with Crippen LogP contribution in [0.3, 0.4) is 0 Å². The third kappa shape index (κ3) is 2.77. The molecule has 2 rings (SSSR count). The average molecular weight is 337 g/mol.